The summed E-state index contributed by atoms with van der Waals surface area (Å²) >= 11 is 0. The molecule has 2 aromatic rings. The summed E-state index contributed by atoms with van der Waals surface area (Å²) in [5.74, 6) is -0.798. The lowest BCUT2D eigenvalue weighted by molar-refractivity contribution is -0.142. The number of nitrogens with one attached hydrogen (secondary N) is 2. The van der Waals surface area contributed by atoms with E-state index in [-0.39, 0.29) is 18.2 Å². The second-order valence-corrected chi connectivity index (χ2v) is 9.81. The van der Waals surface area contributed by atoms with Crippen molar-refractivity contribution in [2.75, 3.05) is 6.54 Å². The number of carbonyl (C=O) groups excluding carboxylic acids is 3. The van der Waals surface area contributed by atoms with Crippen LogP contribution in [0.25, 0.3) is 0 Å². The number of phenols is 1. The molecule has 3 N–H and O–H groups in total. The largest absolute Gasteiger partial charge is 0.508 e. The van der Waals surface area contributed by atoms with Crippen molar-refractivity contribution in [3.05, 3.63) is 65.7 Å². The number of hydrogen-bond acceptors (Lipinski definition) is 5. The van der Waals surface area contributed by atoms with E-state index in [1.807, 2.05) is 30.3 Å². The number of unbranched alkanes of at least 4 members (excludes halogenated alkanes) is 2. The van der Waals surface area contributed by atoms with Gasteiger partial charge in [-0.3, -0.25) is 9.59 Å². The molecule has 196 valence electrons. The molecule has 36 heavy (non-hydrogen) atoms. The molecule has 0 aliphatic rings. The standard InChI is InChI=1S/C28H39N3O5/c1-6-7-11-17-31(26(34)20(2)30-27(35)36-28(3,4)5)24(22-15-12-16-23(32)18-22)25(33)29-19-21-13-9-8-10-14-21/h8-10,12-16,18,20,24,32H,6-7,11,17,19H2,1-5H3,(H,29,33)(H,30,35). The Hall–Kier alpha value is -3.55. The second kappa shape index (κ2) is 13.5. The van der Waals surface area contributed by atoms with E-state index in [0.717, 1.165) is 18.4 Å². The molecule has 8 nitrogen and oxygen atoms in total. The molecule has 0 bridgehead atoms. The fraction of sp³-hybridized carbons (Fsp3) is 0.464. The maximum Gasteiger partial charge on any atom is 0.408 e. The van der Waals surface area contributed by atoms with Gasteiger partial charge in [0.1, 0.15) is 23.4 Å². The van der Waals surface area contributed by atoms with Crippen molar-refractivity contribution in [1.82, 2.24) is 15.5 Å². The van der Waals surface area contributed by atoms with Crippen molar-refractivity contribution in [3.8, 4) is 5.75 Å². The Labute approximate surface area is 214 Å². The summed E-state index contributed by atoms with van der Waals surface area (Å²) < 4.78 is 5.30. The molecule has 0 saturated heterocycles. The Morgan fingerprint density at radius 2 is 1.72 bits per heavy atom. The fourth-order valence-corrected chi connectivity index (χ4v) is 3.74. The maximum atomic E-state index is 13.6. The predicted molar refractivity (Wildman–Crippen MR) is 139 cm³/mol. The fourth-order valence-electron chi connectivity index (χ4n) is 3.74. The number of hydrogen-bond donors (Lipinski definition) is 3. The van der Waals surface area contributed by atoms with Gasteiger partial charge in [0.15, 0.2) is 0 Å². The van der Waals surface area contributed by atoms with Crippen LogP contribution >= 0.6 is 0 Å². The maximum absolute atomic E-state index is 13.6. The predicted octanol–water partition coefficient (Wildman–Crippen LogP) is 4.68. The van der Waals surface area contributed by atoms with Crippen molar-refractivity contribution in [2.45, 2.75) is 78.1 Å². The number of carbonyl (C=O) groups is 3. The molecule has 0 aliphatic carbocycles. The molecule has 2 unspecified atom stereocenters. The third kappa shape index (κ3) is 9.24. The highest BCUT2D eigenvalue weighted by Crippen LogP contribution is 2.26. The summed E-state index contributed by atoms with van der Waals surface area (Å²) in [4.78, 5) is 41.0. The summed E-state index contributed by atoms with van der Waals surface area (Å²) in [6.45, 7) is 9.45. The van der Waals surface area contributed by atoms with Gasteiger partial charge in [0.2, 0.25) is 11.8 Å². The van der Waals surface area contributed by atoms with Crippen molar-refractivity contribution >= 4 is 17.9 Å². The molecule has 0 heterocycles. The first-order valence-corrected chi connectivity index (χ1v) is 12.4. The lowest BCUT2D eigenvalue weighted by atomic mass is 10.0. The van der Waals surface area contributed by atoms with Crippen LogP contribution in [0.5, 0.6) is 5.75 Å². The summed E-state index contributed by atoms with van der Waals surface area (Å²) in [5.41, 5.74) is 0.689. The van der Waals surface area contributed by atoms with Gasteiger partial charge >= 0.3 is 6.09 Å². The van der Waals surface area contributed by atoms with Gasteiger partial charge in [-0.2, -0.15) is 0 Å². The first-order valence-electron chi connectivity index (χ1n) is 12.4. The highest BCUT2D eigenvalue weighted by atomic mass is 16.6. The van der Waals surface area contributed by atoms with Crippen LogP contribution in [-0.2, 0) is 20.9 Å². The quantitative estimate of drug-likeness (QED) is 0.391. The molecule has 0 aliphatic heterocycles. The Kier molecular flexibility index (Phi) is 10.8. The molecule has 0 spiro atoms. The molecule has 2 atom stereocenters. The van der Waals surface area contributed by atoms with Crippen LogP contribution in [-0.4, -0.2) is 46.1 Å². The van der Waals surface area contributed by atoms with Crippen LogP contribution < -0.4 is 10.6 Å². The number of phenolic OH excluding ortho intramolecular Hbond substituents is 1. The average Bonchev–Trinajstić information content (AvgIpc) is 2.81. The molecule has 0 fully saturated rings. The molecule has 0 saturated carbocycles. The summed E-state index contributed by atoms with van der Waals surface area (Å²) in [6, 6.07) is 13.9. The third-order valence-corrected chi connectivity index (χ3v) is 5.44. The molecule has 0 radical (unpaired) electrons. The van der Waals surface area contributed by atoms with Gasteiger partial charge in [-0.1, -0.05) is 62.2 Å². The number of alkyl carbamates (subject to hydrolysis) is 1. The zero-order chi connectivity index (χ0) is 26.7. The minimum absolute atomic E-state index is 0.00533. The SMILES string of the molecule is CCCCCN(C(=O)C(C)NC(=O)OC(C)(C)C)C(C(=O)NCc1ccccc1)c1cccc(O)c1. The van der Waals surface area contributed by atoms with Gasteiger partial charge in [0, 0.05) is 13.1 Å². The topological polar surface area (TPSA) is 108 Å². The highest BCUT2D eigenvalue weighted by molar-refractivity contribution is 5.92. The van der Waals surface area contributed by atoms with E-state index in [2.05, 4.69) is 17.6 Å². The van der Waals surface area contributed by atoms with E-state index >= 15 is 0 Å². The van der Waals surface area contributed by atoms with Crippen LogP contribution in [0.3, 0.4) is 0 Å². The Balaban J connectivity index is 2.35. The van der Waals surface area contributed by atoms with Crippen molar-refractivity contribution < 1.29 is 24.2 Å². The second-order valence-electron chi connectivity index (χ2n) is 9.81. The van der Waals surface area contributed by atoms with Crippen molar-refractivity contribution in [2.24, 2.45) is 0 Å². The minimum Gasteiger partial charge on any atom is -0.508 e. The van der Waals surface area contributed by atoms with Crippen molar-refractivity contribution in [3.63, 3.8) is 0 Å². The van der Waals surface area contributed by atoms with Gasteiger partial charge in [0.25, 0.3) is 0 Å². The van der Waals surface area contributed by atoms with Crippen molar-refractivity contribution in [1.29, 1.82) is 0 Å². The third-order valence-electron chi connectivity index (χ3n) is 5.44. The number of rotatable bonds is 11. The normalized spacial score (nSPS) is 12.8. The van der Waals surface area contributed by atoms with Crippen LogP contribution in [0.1, 0.15) is 71.0 Å². The number of ether oxygens (including phenoxy) is 1. The van der Waals surface area contributed by atoms with E-state index in [1.54, 1.807) is 39.8 Å². The first-order chi connectivity index (χ1) is 17.0. The van der Waals surface area contributed by atoms with Gasteiger partial charge in [0.05, 0.1) is 0 Å². The Morgan fingerprint density at radius 1 is 1.03 bits per heavy atom. The highest BCUT2D eigenvalue weighted by Gasteiger charge is 2.34. The van der Waals surface area contributed by atoms with Crippen LogP contribution in [0, 0.1) is 0 Å². The summed E-state index contributed by atoms with van der Waals surface area (Å²) in [7, 11) is 0. The van der Waals surface area contributed by atoms with Gasteiger partial charge in [-0.15, -0.1) is 0 Å². The number of amides is 3. The zero-order valence-corrected chi connectivity index (χ0v) is 21.9. The molecule has 0 aromatic heterocycles. The summed E-state index contributed by atoms with van der Waals surface area (Å²) in [6.07, 6.45) is 1.78. The number of nitrogens with zero attached hydrogens (tertiary/aromatic N) is 1. The molecular weight excluding hydrogens is 458 g/mol. The zero-order valence-electron chi connectivity index (χ0n) is 21.9. The molecule has 2 rings (SSSR count). The van der Waals surface area contributed by atoms with Crippen LogP contribution in [0.2, 0.25) is 0 Å². The summed E-state index contributed by atoms with van der Waals surface area (Å²) in [5, 5.41) is 15.6. The number of aromatic hydroxyl groups is 1. The lowest BCUT2D eigenvalue weighted by Gasteiger charge is -2.33. The van der Waals surface area contributed by atoms with E-state index in [9.17, 15) is 19.5 Å². The molecule has 3 amide bonds. The van der Waals surface area contributed by atoms with Gasteiger partial charge in [-0.25, -0.2) is 4.79 Å². The van der Waals surface area contributed by atoms with Crippen LogP contribution in [0.4, 0.5) is 4.79 Å². The van der Waals surface area contributed by atoms with Gasteiger partial charge < -0.3 is 25.4 Å². The smallest absolute Gasteiger partial charge is 0.408 e. The van der Waals surface area contributed by atoms with E-state index < -0.39 is 29.7 Å². The van der Waals surface area contributed by atoms with E-state index in [1.165, 1.54) is 17.0 Å². The van der Waals surface area contributed by atoms with E-state index in [0.29, 0.717) is 18.5 Å². The van der Waals surface area contributed by atoms with Gasteiger partial charge in [-0.05, 0) is 57.4 Å². The Bertz CT molecular complexity index is 1000. The monoisotopic (exact) mass is 497 g/mol. The van der Waals surface area contributed by atoms with E-state index in [4.69, 9.17) is 4.74 Å². The lowest BCUT2D eigenvalue weighted by Crippen LogP contribution is -2.52. The van der Waals surface area contributed by atoms with Crippen LogP contribution in [0.15, 0.2) is 54.6 Å². The first kappa shape index (κ1) is 28.7. The molecule has 8 heteroatoms. The minimum atomic E-state index is -0.993. The molecule has 2 aromatic carbocycles. The molecular formula is C28H39N3O5. The number of benzene rings is 2. The Morgan fingerprint density at radius 3 is 2.33 bits per heavy atom. The average molecular weight is 498 g/mol.